The SMILES string of the molecule is CC(C)C1=C2C3CCC4C5(C)CC[C@H](OC(=O)CC(C)(C)C(=O)O)C(C)(C)C5CCC4(C)[C@]3(C)CC[C@@]2(NC(=O)NC(C)C2CCCCC2)CC1=O. The van der Waals surface area contributed by atoms with E-state index < -0.39 is 22.9 Å². The van der Waals surface area contributed by atoms with Gasteiger partial charge in [-0.1, -0.05) is 67.7 Å². The number of Topliss-reactive ketones (excluding diaryl/α,β-unsaturated/α-hetero) is 1. The van der Waals surface area contributed by atoms with E-state index in [0.717, 1.165) is 56.9 Å². The molecule has 0 aromatic rings. The van der Waals surface area contributed by atoms with Gasteiger partial charge in [0.1, 0.15) is 6.10 Å². The average Bonchev–Trinajstić information content (AvgIpc) is 3.34. The minimum atomic E-state index is -1.16. The van der Waals surface area contributed by atoms with Gasteiger partial charge in [0.15, 0.2) is 5.78 Å². The number of carboxylic acids is 1. The number of esters is 1. The maximum absolute atomic E-state index is 14.0. The van der Waals surface area contributed by atoms with Crippen molar-refractivity contribution in [2.45, 2.75) is 183 Å². The van der Waals surface area contributed by atoms with Crippen LogP contribution in [-0.2, 0) is 19.1 Å². The summed E-state index contributed by atoms with van der Waals surface area (Å²) in [6.45, 7) is 21.8. The average molecular weight is 723 g/mol. The molecule has 2 amide bonds. The third kappa shape index (κ3) is 6.16. The number of ether oxygens (including phenoxy) is 1. The van der Waals surface area contributed by atoms with E-state index in [-0.39, 0.29) is 63.9 Å². The summed E-state index contributed by atoms with van der Waals surface area (Å²) < 4.78 is 6.17. The lowest BCUT2D eigenvalue weighted by Crippen LogP contribution is -2.67. The van der Waals surface area contributed by atoms with E-state index >= 15 is 0 Å². The lowest BCUT2D eigenvalue weighted by molar-refractivity contribution is -0.232. The molecule has 292 valence electrons. The lowest BCUT2D eigenvalue weighted by atomic mass is 9.33. The Morgan fingerprint density at radius 1 is 0.846 bits per heavy atom. The first-order chi connectivity index (χ1) is 24.1. The largest absolute Gasteiger partial charge is 0.481 e. The second-order valence-corrected chi connectivity index (χ2v) is 20.8. The minimum Gasteiger partial charge on any atom is -0.481 e. The molecule has 8 nitrogen and oxygen atoms in total. The standard InChI is InChI=1S/C44H70N2O6/c1-26(2)35-30(47)24-44(46-38(51)45-27(3)28-14-12-11-13-15-28)23-22-42(9)29(36(35)44)16-17-32-41(8)20-19-33(52-34(48)25-39(4,5)37(49)50)40(6,7)31(41)18-21-43(32,42)10/h26-29,31-33H,11-25H2,1-10H3,(H,49,50)(H2,45,46,51)/t27?,29?,31?,32?,33-,41?,42+,43?,44+/m0/s1. The zero-order valence-corrected chi connectivity index (χ0v) is 34.1. The van der Waals surface area contributed by atoms with Gasteiger partial charge in [-0.2, -0.15) is 0 Å². The summed E-state index contributed by atoms with van der Waals surface area (Å²) in [5.41, 5.74) is 0.324. The first-order valence-corrected chi connectivity index (χ1v) is 20.9. The number of carbonyl (C=O) groups excluding carboxylic acids is 3. The maximum atomic E-state index is 14.0. The summed E-state index contributed by atoms with van der Waals surface area (Å²) in [6, 6.07) is 0.000464. The highest BCUT2D eigenvalue weighted by Gasteiger charge is 2.70. The fourth-order valence-electron chi connectivity index (χ4n) is 13.8. The smallest absolute Gasteiger partial charge is 0.315 e. The molecule has 0 aromatic carbocycles. The van der Waals surface area contributed by atoms with Crippen LogP contribution in [0.2, 0.25) is 0 Å². The molecule has 3 N–H and O–H groups in total. The number of aliphatic carboxylic acids is 1. The number of rotatable bonds is 8. The molecular weight excluding hydrogens is 652 g/mol. The molecular formula is C44H70N2O6. The van der Waals surface area contributed by atoms with Gasteiger partial charge in [-0.15, -0.1) is 0 Å². The van der Waals surface area contributed by atoms with E-state index in [1.54, 1.807) is 13.8 Å². The Morgan fingerprint density at radius 3 is 2.15 bits per heavy atom. The van der Waals surface area contributed by atoms with Gasteiger partial charge >= 0.3 is 18.0 Å². The quantitative estimate of drug-likeness (QED) is 0.215. The molecule has 5 fully saturated rings. The van der Waals surface area contributed by atoms with Crippen LogP contribution in [0.4, 0.5) is 4.79 Å². The highest BCUT2D eigenvalue weighted by Crippen LogP contribution is 2.76. The Hall–Kier alpha value is -2.38. The highest BCUT2D eigenvalue weighted by molar-refractivity contribution is 6.02. The van der Waals surface area contributed by atoms with Gasteiger partial charge < -0.3 is 20.5 Å². The minimum absolute atomic E-state index is 0.0170. The zero-order chi connectivity index (χ0) is 38.2. The summed E-state index contributed by atoms with van der Waals surface area (Å²) in [7, 11) is 0. The number of allylic oxidation sites excluding steroid dienone is 1. The zero-order valence-electron chi connectivity index (χ0n) is 34.1. The first kappa shape index (κ1) is 39.3. The van der Waals surface area contributed by atoms with Crippen LogP contribution in [0.5, 0.6) is 0 Å². The van der Waals surface area contributed by atoms with Gasteiger partial charge in [0.25, 0.3) is 0 Å². The molecule has 0 heterocycles. The third-order valence-corrected chi connectivity index (χ3v) is 16.9. The summed E-state index contributed by atoms with van der Waals surface area (Å²) in [5.74, 6) is 0.538. The fourth-order valence-corrected chi connectivity index (χ4v) is 13.8. The molecule has 0 radical (unpaired) electrons. The van der Waals surface area contributed by atoms with Gasteiger partial charge in [-0.3, -0.25) is 14.4 Å². The van der Waals surface area contributed by atoms with Crippen molar-refractivity contribution >= 4 is 23.8 Å². The molecule has 8 heteroatoms. The molecule has 6 aliphatic carbocycles. The second-order valence-electron chi connectivity index (χ2n) is 20.8. The van der Waals surface area contributed by atoms with E-state index in [0.29, 0.717) is 24.2 Å². The Labute approximate surface area is 313 Å². The summed E-state index contributed by atoms with van der Waals surface area (Å²) in [5, 5.41) is 16.5. The number of fused-ring (bicyclic) bond motifs is 7. The van der Waals surface area contributed by atoms with Crippen molar-refractivity contribution in [2.75, 3.05) is 0 Å². The summed E-state index contributed by atoms with van der Waals surface area (Å²) in [4.78, 5) is 52.7. The van der Waals surface area contributed by atoms with Crippen molar-refractivity contribution < 1.29 is 29.0 Å². The number of amides is 2. The van der Waals surface area contributed by atoms with Crippen LogP contribution >= 0.6 is 0 Å². The van der Waals surface area contributed by atoms with Gasteiger partial charge in [-0.25, -0.2) is 4.79 Å². The van der Waals surface area contributed by atoms with Crippen molar-refractivity contribution in [1.29, 1.82) is 0 Å². The number of urea groups is 1. The van der Waals surface area contributed by atoms with Crippen LogP contribution in [0.15, 0.2) is 11.1 Å². The predicted octanol–water partition coefficient (Wildman–Crippen LogP) is 9.40. The van der Waals surface area contributed by atoms with Gasteiger partial charge in [0.05, 0.1) is 17.4 Å². The number of hydrogen-bond donors (Lipinski definition) is 3. The summed E-state index contributed by atoms with van der Waals surface area (Å²) in [6.07, 6.45) is 13.9. The van der Waals surface area contributed by atoms with Crippen molar-refractivity contribution in [3.8, 4) is 0 Å². The number of carbonyl (C=O) groups is 4. The van der Waals surface area contributed by atoms with Crippen LogP contribution in [0.1, 0.15) is 166 Å². The predicted molar refractivity (Wildman–Crippen MR) is 203 cm³/mol. The van der Waals surface area contributed by atoms with Crippen molar-refractivity contribution in [3.63, 3.8) is 0 Å². The Bertz CT molecular complexity index is 1490. The van der Waals surface area contributed by atoms with E-state index in [4.69, 9.17) is 4.74 Å². The molecule has 0 aromatic heterocycles. The molecule has 0 aliphatic heterocycles. The lowest BCUT2D eigenvalue weighted by Gasteiger charge is -2.72. The molecule has 6 unspecified atom stereocenters. The van der Waals surface area contributed by atoms with Crippen LogP contribution in [-0.4, -0.2) is 46.5 Å². The maximum Gasteiger partial charge on any atom is 0.315 e. The number of ketones is 1. The van der Waals surface area contributed by atoms with Crippen molar-refractivity contribution in [1.82, 2.24) is 10.6 Å². The van der Waals surface area contributed by atoms with Crippen LogP contribution in [0.3, 0.4) is 0 Å². The summed E-state index contributed by atoms with van der Waals surface area (Å²) >= 11 is 0. The molecule has 52 heavy (non-hydrogen) atoms. The van der Waals surface area contributed by atoms with Crippen molar-refractivity contribution in [2.24, 2.45) is 56.7 Å². The topological polar surface area (TPSA) is 122 Å². The van der Waals surface area contributed by atoms with E-state index in [2.05, 4.69) is 66.0 Å². The second kappa shape index (κ2) is 13.4. The number of hydrogen-bond acceptors (Lipinski definition) is 5. The van der Waals surface area contributed by atoms with Crippen LogP contribution in [0.25, 0.3) is 0 Å². The third-order valence-electron chi connectivity index (χ3n) is 16.9. The van der Waals surface area contributed by atoms with Gasteiger partial charge in [-0.05, 0) is 142 Å². The van der Waals surface area contributed by atoms with E-state index in [1.165, 1.54) is 37.7 Å². The van der Waals surface area contributed by atoms with E-state index in [1.807, 2.05) is 0 Å². The molecule has 0 saturated heterocycles. The molecule has 5 saturated carbocycles. The first-order valence-electron chi connectivity index (χ1n) is 20.9. The van der Waals surface area contributed by atoms with E-state index in [9.17, 15) is 24.3 Å². The molecule has 6 aliphatic rings. The monoisotopic (exact) mass is 723 g/mol. The van der Waals surface area contributed by atoms with Gasteiger partial charge in [0, 0.05) is 17.9 Å². The molecule has 0 bridgehead atoms. The molecule has 6 rings (SSSR count). The van der Waals surface area contributed by atoms with Crippen LogP contribution in [0, 0.1) is 56.7 Å². The highest BCUT2D eigenvalue weighted by atomic mass is 16.5. The molecule has 0 spiro atoms. The van der Waals surface area contributed by atoms with Crippen LogP contribution < -0.4 is 10.6 Å². The fraction of sp³-hybridized carbons (Fsp3) is 0.864. The number of carboxylic acid groups (broad SMARTS) is 1. The Balaban J connectivity index is 1.25. The van der Waals surface area contributed by atoms with Crippen molar-refractivity contribution in [3.05, 3.63) is 11.1 Å². The van der Waals surface area contributed by atoms with Gasteiger partial charge in [0.2, 0.25) is 0 Å². The Kier molecular flexibility index (Phi) is 10.2. The number of nitrogens with one attached hydrogen (secondary N) is 2. The Morgan fingerprint density at radius 2 is 1.52 bits per heavy atom. The molecule has 9 atom stereocenters. The normalized spacial score (nSPS) is 39.5.